The second-order valence-electron chi connectivity index (χ2n) is 5.37. The van der Waals surface area contributed by atoms with Gasteiger partial charge in [0.25, 0.3) is 0 Å². The molecule has 0 bridgehead atoms. The van der Waals surface area contributed by atoms with Crippen LogP contribution in [0.25, 0.3) is 0 Å². The summed E-state index contributed by atoms with van der Waals surface area (Å²) in [7, 11) is 0. The van der Waals surface area contributed by atoms with Crippen LogP contribution in [-0.2, 0) is 4.74 Å². The summed E-state index contributed by atoms with van der Waals surface area (Å²) in [5.74, 6) is -0.332. The lowest BCUT2D eigenvalue weighted by molar-refractivity contribution is 0.0209. The molecular formula is C14H18ClN3O3. The number of ether oxygens (including phenoxy) is 1. The Balaban J connectivity index is 1.69. The minimum atomic E-state index is -1.01. The van der Waals surface area contributed by atoms with E-state index in [0.29, 0.717) is 16.9 Å². The Hall–Kier alpha value is -1.37. The zero-order valence-corrected chi connectivity index (χ0v) is 12.4. The van der Waals surface area contributed by atoms with Gasteiger partial charge in [0.2, 0.25) is 0 Å². The molecule has 0 radical (unpaired) electrons. The molecule has 1 N–H and O–H groups in total. The van der Waals surface area contributed by atoms with Crippen molar-refractivity contribution in [2.24, 2.45) is 0 Å². The fourth-order valence-electron chi connectivity index (χ4n) is 2.96. The van der Waals surface area contributed by atoms with E-state index in [9.17, 15) is 4.79 Å². The summed E-state index contributed by atoms with van der Waals surface area (Å²) in [6.45, 7) is 5.29. The van der Waals surface area contributed by atoms with Gasteiger partial charge in [0.05, 0.1) is 23.8 Å². The van der Waals surface area contributed by atoms with Gasteiger partial charge in [0, 0.05) is 38.4 Å². The summed E-state index contributed by atoms with van der Waals surface area (Å²) in [5, 5.41) is 9.35. The van der Waals surface area contributed by atoms with Gasteiger partial charge in [0.1, 0.15) is 5.82 Å². The molecule has 2 aliphatic rings. The number of morpholine rings is 1. The Labute approximate surface area is 128 Å². The van der Waals surface area contributed by atoms with Crippen molar-refractivity contribution < 1.29 is 14.6 Å². The molecule has 2 aliphatic heterocycles. The zero-order chi connectivity index (χ0) is 14.8. The van der Waals surface area contributed by atoms with E-state index < -0.39 is 5.97 Å². The number of rotatable bonds is 3. The highest BCUT2D eigenvalue weighted by Crippen LogP contribution is 2.28. The van der Waals surface area contributed by atoms with E-state index in [0.717, 1.165) is 45.8 Å². The largest absolute Gasteiger partial charge is 0.478 e. The van der Waals surface area contributed by atoms with Crippen LogP contribution in [-0.4, -0.2) is 66.4 Å². The second-order valence-corrected chi connectivity index (χ2v) is 5.78. The molecule has 0 amide bonds. The van der Waals surface area contributed by atoms with E-state index in [1.807, 2.05) is 0 Å². The summed E-state index contributed by atoms with van der Waals surface area (Å²) in [6, 6.07) is 1.96. The number of nitrogens with zero attached hydrogens (tertiary/aromatic N) is 3. The van der Waals surface area contributed by atoms with Gasteiger partial charge in [0.15, 0.2) is 0 Å². The molecule has 1 atom stereocenters. The number of pyridine rings is 1. The van der Waals surface area contributed by atoms with Crippen LogP contribution in [0.4, 0.5) is 5.82 Å². The quantitative estimate of drug-likeness (QED) is 0.909. The van der Waals surface area contributed by atoms with Gasteiger partial charge in [-0.05, 0) is 12.5 Å². The maximum absolute atomic E-state index is 10.9. The highest BCUT2D eigenvalue weighted by atomic mass is 35.5. The predicted molar refractivity (Wildman–Crippen MR) is 79.2 cm³/mol. The highest BCUT2D eigenvalue weighted by Gasteiger charge is 2.30. The van der Waals surface area contributed by atoms with Crippen molar-refractivity contribution >= 4 is 23.4 Å². The van der Waals surface area contributed by atoms with E-state index in [1.54, 1.807) is 0 Å². The normalized spacial score (nSPS) is 23.5. The average molecular weight is 312 g/mol. The third-order valence-electron chi connectivity index (χ3n) is 4.09. The smallest absolute Gasteiger partial charge is 0.337 e. The fraction of sp³-hybridized carbons (Fsp3) is 0.571. The summed E-state index contributed by atoms with van der Waals surface area (Å²) >= 11 is 6.19. The Morgan fingerprint density at radius 2 is 2.14 bits per heavy atom. The predicted octanol–water partition coefficient (Wildman–Crippen LogP) is 1.34. The molecular weight excluding hydrogens is 294 g/mol. The minimum absolute atomic E-state index is 0.118. The first-order chi connectivity index (χ1) is 10.1. The number of hydrogen-bond acceptors (Lipinski definition) is 5. The van der Waals surface area contributed by atoms with Crippen LogP contribution in [0, 0.1) is 0 Å². The maximum atomic E-state index is 10.9. The van der Waals surface area contributed by atoms with Crippen LogP contribution in [0.5, 0.6) is 0 Å². The second kappa shape index (κ2) is 6.17. The molecule has 1 aromatic heterocycles. The summed E-state index contributed by atoms with van der Waals surface area (Å²) < 4.78 is 5.38. The van der Waals surface area contributed by atoms with Gasteiger partial charge in [-0.1, -0.05) is 11.6 Å². The molecule has 3 rings (SSSR count). The van der Waals surface area contributed by atoms with Gasteiger partial charge < -0.3 is 14.7 Å². The average Bonchev–Trinajstić information content (AvgIpc) is 2.97. The van der Waals surface area contributed by atoms with E-state index in [-0.39, 0.29) is 5.56 Å². The van der Waals surface area contributed by atoms with Gasteiger partial charge >= 0.3 is 5.97 Å². The third kappa shape index (κ3) is 3.12. The SMILES string of the molecule is O=C(O)c1cnc(N2CCC(N3CCOCC3)C2)c(Cl)c1. The molecule has 2 saturated heterocycles. The Morgan fingerprint density at radius 3 is 2.81 bits per heavy atom. The lowest BCUT2D eigenvalue weighted by Gasteiger charge is -2.32. The molecule has 1 unspecified atom stereocenters. The van der Waals surface area contributed by atoms with Gasteiger partial charge in [-0.25, -0.2) is 9.78 Å². The lowest BCUT2D eigenvalue weighted by atomic mass is 10.2. The number of hydrogen-bond donors (Lipinski definition) is 1. The molecule has 0 aliphatic carbocycles. The molecule has 0 saturated carbocycles. The first-order valence-corrected chi connectivity index (χ1v) is 7.48. The van der Waals surface area contributed by atoms with Crippen molar-refractivity contribution in [2.45, 2.75) is 12.5 Å². The number of aromatic nitrogens is 1. The topological polar surface area (TPSA) is 65.9 Å². The van der Waals surface area contributed by atoms with Gasteiger partial charge in [-0.15, -0.1) is 0 Å². The number of carboxylic acid groups (broad SMARTS) is 1. The Kier molecular flexibility index (Phi) is 4.28. The van der Waals surface area contributed by atoms with Crippen LogP contribution in [0.2, 0.25) is 5.02 Å². The van der Waals surface area contributed by atoms with Crippen molar-refractivity contribution in [1.82, 2.24) is 9.88 Å². The van der Waals surface area contributed by atoms with Crippen LogP contribution in [0.15, 0.2) is 12.3 Å². The molecule has 2 fully saturated rings. The van der Waals surface area contributed by atoms with Crippen LogP contribution in [0.3, 0.4) is 0 Å². The number of aromatic carboxylic acids is 1. The summed E-state index contributed by atoms with van der Waals surface area (Å²) in [5.41, 5.74) is 0.118. The molecule has 0 spiro atoms. The molecule has 114 valence electrons. The van der Waals surface area contributed by atoms with E-state index in [1.165, 1.54) is 12.3 Å². The molecule has 7 heteroatoms. The number of carbonyl (C=O) groups is 1. The molecule has 1 aromatic rings. The molecule has 0 aromatic carbocycles. The first-order valence-electron chi connectivity index (χ1n) is 7.11. The lowest BCUT2D eigenvalue weighted by Crippen LogP contribution is -2.44. The van der Waals surface area contributed by atoms with E-state index in [2.05, 4.69) is 14.8 Å². The monoisotopic (exact) mass is 311 g/mol. The van der Waals surface area contributed by atoms with Crippen molar-refractivity contribution in [2.75, 3.05) is 44.3 Å². The van der Waals surface area contributed by atoms with Gasteiger partial charge in [-0.3, -0.25) is 4.90 Å². The van der Waals surface area contributed by atoms with Crippen LogP contribution in [0.1, 0.15) is 16.8 Å². The Bertz CT molecular complexity index is 534. The number of halogens is 1. The van der Waals surface area contributed by atoms with Crippen LogP contribution >= 0.6 is 11.6 Å². The summed E-state index contributed by atoms with van der Waals surface area (Å²) in [6.07, 6.45) is 2.43. The van der Waals surface area contributed by atoms with Crippen molar-refractivity contribution in [3.63, 3.8) is 0 Å². The Morgan fingerprint density at radius 1 is 1.38 bits per heavy atom. The number of carboxylic acids is 1. The summed E-state index contributed by atoms with van der Waals surface area (Å²) in [4.78, 5) is 19.7. The van der Waals surface area contributed by atoms with Crippen molar-refractivity contribution in [1.29, 1.82) is 0 Å². The highest BCUT2D eigenvalue weighted by molar-refractivity contribution is 6.33. The van der Waals surface area contributed by atoms with Gasteiger partial charge in [-0.2, -0.15) is 0 Å². The van der Waals surface area contributed by atoms with Crippen LogP contribution < -0.4 is 4.90 Å². The standard InChI is InChI=1S/C14H18ClN3O3/c15-12-7-10(14(19)20)8-16-13(12)18-2-1-11(9-18)17-3-5-21-6-4-17/h7-8,11H,1-6,9H2,(H,19,20). The molecule has 3 heterocycles. The molecule has 21 heavy (non-hydrogen) atoms. The molecule has 6 nitrogen and oxygen atoms in total. The van der Waals surface area contributed by atoms with Crippen molar-refractivity contribution in [3.05, 3.63) is 22.8 Å². The number of anilines is 1. The zero-order valence-electron chi connectivity index (χ0n) is 11.7. The van der Waals surface area contributed by atoms with E-state index >= 15 is 0 Å². The van der Waals surface area contributed by atoms with E-state index in [4.69, 9.17) is 21.4 Å². The van der Waals surface area contributed by atoms with Crippen molar-refractivity contribution in [3.8, 4) is 0 Å². The minimum Gasteiger partial charge on any atom is -0.478 e. The first kappa shape index (κ1) is 14.6. The fourth-order valence-corrected chi connectivity index (χ4v) is 3.24. The third-order valence-corrected chi connectivity index (χ3v) is 4.37. The maximum Gasteiger partial charge on any atom is 0.337 e.